The predicted molar refractivity (Wildman–Crippen MR) is 74.3 cm³/mol. The maximum atomic E-state index is 6.15. The van der Waals surface area contributed by atoms with Crippen molar-refractivity contribution in [1.82, 2.24) is 0 Å². The average molecular weight is 259 g/mol. The molecule has 4 heteroatoms. The second-order valence-corrected chi connectivity index (χ2v) is 15.4. The molecule has 0 aromatic rings. The molecule has 0 bridgehead atoms. The third-order valence-electron chi connectivity index (χ3n) is 2.42. The molecule has 1 unspecified atom stereocenters. The highest BCUT2D eigenvalue weighted by Gasteiger charge is 2.36. The van der Waals surface area contributed by atoms with Crippen molar-refractivity contribution < 1.29 is 8.85 Å². The van der Waals surface area contributed by atoms with Gasteiger partial charge in [0.05, 0.1) is 0 Å². The van der Waals surface area contributed by atoms with Gasteiger partial charge in [-0.2, -0.15) is 0 Å². The smallest absolute Gasteiger partial charge is 0.241 e. The summed E-state index contributed by atoms with van der Waals surface area (Å²) in [5, 5.41) is 0. The van der Waals surface area contributed by atoms with E-state index in [9.17, 15) is 0 Å². The van der Waals surface area contributed by atoms with Crippen molar-refractivity contribution in [2.24, 2.45) is 5.92 Å². The molecule has 0 saturated carbocycles. The highest BCUT2D eigenvalue weighted by atomic mass is 28.4. The lowest BCUT2D eigenvalue weighted by Crippen LogP contribution is -2.36. The second kappa shape index (κ2) is 4.57. The van der Waals surface area contributed by atoms with Gasteiger partial charge in [-0.15, -0.1) is 0 Å². The molecular weight excluding hydrogens is 232 g/mol. The van der Waals surface area contributed by atoms with Crippen LogP contribution < -0.4 is 0 Å². The summed E-state index contributed by atoms with van der Waals surface area (Å²) in [6.07, 6.45) is 2.25. The number of hydrogen-bond donors (Lipinski definition) is 0. The van der Waals surface area contributed by atoms with Crippen LogP contribution in [0.5, 0.6) is 0 Å². The highest BCUT2D eigenvalue weighted by Crippen LogP contribution is 2.41. The normalized spacial score (nSPS) is 21.8. The molecular formula is C12H26O2Si2. The molecule has 0 amide bonds. The van der Waals surface area contributed by atoms with E-state index in [1.807, 2.05) is 0 Å². The summed E-state index contributed by atoms with van der Waals surface area (Å²) >= 11 is 0. The molecule has 1 atom stereocenters. The Kier molecular flexibility index (Phi) is 3.95. The van der Waals surface area contributed by atoms with Crippen molar-refractivity contribution >= 4 is 16.6 Å². The molecule has 94 valence electrons. The summed E-state index contributed by atoms with van der Waals surface area (Å²) in [6.45, 7) is 15.6. The largest absolute Gasteiger partial charge is 0.545 e. The Morgan fingerprint density at radius 3 is 1.88 bits per heavy atom. The van der Waals surface area contributed by atoms with E-state index >= 15 is 0 Å². The Morgan fingerprint density at radius 2 is 1.50 bits per heavy atom. The molecule has 0 heterocycles. The molecule has 0 aliphatic heterocycles. The number of hydrogen-bond acceptors (Lipinski definition) is 2. The van der Waals surface area contributed by atoms with E-state index in [1.54, 1.807) is 0 Å². The lowest BCUT2D eigenvalue weighted by Gasteiger charge is -2.39. The first-order valence-electron chi connectivity index (χ1n) is 6.23. The van der Waals surface area contributed by atoms with E-state index in [0.29, 0.717) is 5.92 Å². The number of rotatable bonds is 5. The van der Waals surface area contributed by atoms with Gasteiger partial charge in [-0.25, -0.2) is 0 Å². The summed E-state index contributed by atoms with van der Waals surface area (Å²) in [5.74, 6) is 2.93. The van der Waals surface area contributed by atoms with Crippen LogP contribution in [0.1, 0.15) is 19.8 Å². The van der Waals surface area contributed by atoms with Crippen molar-refractivity contribution in [3.63, 3.8) is 0 Å². The number of allylic oxidation sites excluding steroid dienone is 2. The first kappa shape index (κ1) is 13.8. The summed E-state index contributed by atoms with van der Waals surface area (Å²) in [6, 6.07) is 0. The van der Waals surface area contributed by atoms with Crippen molar-refractivity contribution in [2.45, 2.75) is 59.0 Å². The van der Waals surface area contributed by atoms with Gasteiger partial charge in [0.2, 0.25) is 16.6 Å². The van der Waals surface area contributed by atoms with Crippen molar-refractivity contribution in [2.75, 3.05) is 0 Å². The van der Waals surface area contributed by atoms with Crippen molar-refractivity contribution in [3.8, 4) is 0 Å². The SMILES string of the molecule is CCC1CC(O[Si](C)(C)C)=C1O[Si](C)(C)C. The average Bonchev–Trinajstić information content (AvgIpc) is 2.05. The van der Waals surface area contributed by atoms with Gasteiger partial charge in [-0.3, -0.25) is 0 Å². The minimum atomic E-state index is -1.49. The van der Waals surface area contributed by atoms with E-state index < -0.39 is 16.6 Å². The zero-order valence-electron chi connectivity index (χ0n) is 11.8. The maximum Gasteiger partial charge on any atom is 0.241 e. The van der Waals surface area contributed by atoms with E-state index in [4.69, 9.17) is 8.85 Å². The van der Waals surface area contributed by atoms with Gasteiger partial charge in [0.25, 0.3) is 0 Å². The van der Waals surface area contributed by atoms with Gasteiger partial charge < -0.3 is 8.85 Å². The van der Waals surface area contributed by atoms with Crippen LogP contribution in [0.4, 0.5) is 0 Å². The first-order valence-corrected chi connectivity index (χ1v) is 13.0. The quantitative estimate of drug-likeness (QED) is 0.683. The maximum absolute atomic E-state index is 6.15. The molecule has 16 heavy (non-hydrogen) atoms. The Balaban J connectivity index is 2.76. The minimum absolute atomic E-state index is 0.609. The molecule has 0 fully saturated rings. The van der Waals surface area contributed by atoms with Crippen LogP contribution in [-0.2, 0) is 8.85 Å². The van der Waals surface area contributed by atoms with Crippen molar-refractivity contribution in [1.29, 1.82) is 0 Å². The van der Waals surface area contributed by atoms with E-state index in [2.05, 4.69) is 46.2 Å². The van der Waals surface area contributed by atoms with Crippen LogP contribution in [-0.4, -0.2) is 16.6 Å². The Morgan fingerprint density at radius 1 is 1.00 bits per heavy atom. The first-order chi connectivity index (χ1) is 7.12. The molecule has 0 N–H and O–H groups in total. The van der Waals surface area contributed by atoms with Crippen LogP contribution in [0.3, 0.4) is 0 Å². The lowest BCUT2D eigenvalue weighted by atomic mass is 9.88. The molecule has 1 aliphatic carbocycles. The van der Waals surface area contributed by atoms with Crippen molar-refractivity contribution in [3.05, 3.63) is 11.5 Å². The van der Waals surface area contributed by atoms with Gasteiger partial charge in [0.15, 0.2) is 0 Å². The lowest BCUT2D eigenvalue weighted by molar-refractivity contribution is 0.210. The summed E-state index contributed by atoms with van der Waals surface area (Å²) < 4.78 is 12.2. The van der Waals surface area contributed by atoms with Gasteiger partial charge in [0, 0.05) is 12.3 Å². The molecule has 0 aromatic heterocycles. The van der Waals surface area contributed by atoms with E-state index in [1.165, 1.54) is 12.2 Å². The molecule has 0 spiro atoms. The molecule has 0 aromatic carbocycles. The van der Waals surface area contributed by atoms with Crippen LogP contribution in [0.25, 0.3) is 0 Å². The Hall–Kier alpha value is -0.226. The fraction of sp³-hybridized carbons (Fsp3) is 0.833. The monoisotopic (exact) mass is 258 g/mol. The van der Waals surface area contributed by atoms with Crippen LogP contribution in [0.2, 0.25) is 39.3 Å². The fourth-order valence-electron chi connectivity index (χ4n) is 1.78. The summed E-state index contributed by atoms with van der Waals surface area (Å²) in [7, 11) is -2.96. The summed E-state index contributed by atoms with van der Waals surface area (Å²) in [5.41, 5.74) is 0. The van der Waals surface area contributed by atoms with Crippen LogP contribution >= 0.6 is 0 Å². The van der Waals surface area contributed by atoms with Gasteiger partial charge >= 0.3 is 0 Å². The van der Waals surface area contributed by atoms with Crippen LogP contribution in [0, 0.1) is 5.92 Å². The highest BCUT2D eigenvalue weighted by molar-refractivity contribution is 6.70. The van der Waals surface area contributed by atoms with E-state index in [-0.39, 0.29) is 0 Å². The third-order valence-corrected chi connectivity index (χ3v) is 4.11. The molecule has 1 aliphatic rings. The second-order valence-electron chi connectivity index (χ2n) is 6.53. The van der Waals surface area contributed by atoms with Gasteiger partial charge in [-0.1, -0.05) is 6.92 Å². The molecule has 0 saturated heterocycles. The topological polar surface area (TPSA) is 18.5 Å². The zero-order chi connectivity index (χ0) is 12.6. The third kappa shape index (κ3) is 3.98. The standard InChI is InChI=1S/C12H26O2Si2/c1-8-10-9-11(13-15(2,3)4)12(10)14-16(5,6)7/h10H,8-9H2,1-7H3. The Bertz CT molecular complexity index is 284. The predicted octanol–water partition coefficient (Wildman–Crippen LogP) is 4.33. The molecule has 0 radical (unpaired) electrons. The minimum Gasteiger partial charge on any atom is -0.545 e. The fourth-order valence-corrected chi connectivity index (χ4v) is 3.64. The Labute approximate surface area is 102 Å². The van der Waals surface area contributed by atoms with Gasteiger partial charge in [-0.05, 0) is 45.7 Å². The molecule has 1 rings (SSSR count). The van der Waals surface area contributed by atoms with E-state index in [0.717, 1.165) is 12.2 Å². The van der Waals surface area contributed by atoms with Crippen LogP contribution in [0.15, 0.2) is 11.5 Å². The summed E-state index contributed by atoms with van der Waals surface area (Å²) in [4.78, 5) is 0. The molecule has 2 nitrogen and oxygen atoms in total. The van der Waals surface area contributed by atoms with Gasteiger partial charge in [0.1, 0.15) is 11.5 Å². The zero-order valence-corrected chi connectivity index (χ0v) is 13.8.